The molecule has 2 aromatic heterocycles. The average molecular weight is 380 g/mol. The predicted molar refractivity (Wildman–Crippen MR) is 104 cm³/mol. The highest BCUT2D eigenvalue weighted by Crippen LogP contribution is 2.22. The lowest BCUT2D eigenvalue weighted by molar-refractivity contribution is 0.0933. The molecule has 3 aromatic rings. The second kappa shape index (κ2) is 7.42. The Bertz CT molecular complexity index is 1050. The maximum absolute atomic E-state index is 13.4. The summed E-state index contributed by atoms with van der Waals surface area (Å²) < 4.78 is 15.1. The van der Waals surface area contributed by atoms with E-state index in [1.807, 2.05) is 19.2 Å². The Labute approximate surface area is 161 Å². The van der Waals surface area contributed by atoms with E-state index in [1.54, 1.807) is 10.5 Å². The zero-order valence-electron chi connectivity index (χ0n) is 15.5. The zero-order chi connectivity index (χ0) is 19.7. The van der Waals surface area contributed by atoms with E-state index >= 15 is 0 Å². The van der Waals surface area contributed by atoms with Crippen LogP contribution >= 0.6 is 0 Å². The molecule has 0 unspecified atom stereocenters. The highest BCUT2D eigenvalue weighted by molar-refractivity contribution is 6.08. The standard InChI is InChI=1S/C21H21FN4O2/c1-13-9-10-17-24-19(25-20(27)14-5-4-6-15(22)11-14)18(26(17)12-13)21(28)23-16-7-2-3-8-16/h4-6,9-12,16H,2-3,7-8H2,1H3,(H,23,28)(H,25,27). The van der Waals surface area contributed by atoms with Crippen molar-refractivity contribution in [3.05, 3.63) is 65.2 Å². The highest BCUT2D eigenvalue weighted by Gasteiger charge is 2.25. The maximum atomic E-state index is 13.4. The average Bonchev–Trinajstić information content (AvgIpc) is 3.28. The molecule has 1 fully saturated rings. The fourth-order valence-corrected chi connectivity index (χ4v) is 3.59. The Kier molecular flexibility index (Phi) is 4.81. The maximum Gasteiger partial charge on any atom is 0.272 e. The van der Waals surface area contributed by atoms with Gasteiger partial charge in [-0.05, 0) is 49.6 Å². The third-order valence-electron chi connectivity index (χ3n) is 4.99. The van der Waals surface area contributed by atoms with Crippen molar-refractivity contribution in [1.82, 2.24) is 14.7 Å². The fraction of sp³-hybridized carbons (Fsp3) is 0.286. The first-order chi connectivity index (χ1) is 13.5. The number of nitrogens with zero attached hydrogens (tertiary/aromatic N) is 2. The molecule has 2 N–H and O–H groups in total. The van der Waals surface area contributed by atoms with Gasteiger partial charge in [-0.15, -0.1) is 0 Å². The summed E-state index contributed by atoms with van der Waals surface area (Å²) in [7, 11) is 0. The predicted octanol–water partition coefficient (Wildman–Crippen LogP) is 3.71. The number of nitrogens with one attached hydrogen (secondary N) is 2. The third-order valence-corrected chi connectivity index (χ3v) is 4.99. The number of benzene rings is 1. The van der Waals surface area contributed by atoms with Crippen LogP contribution < -0.4 is 10.6 Å². The minimum absolute atomic E-state index is 0.134. The van der Waals surface area contributed by atoms with E-state index in [0.29, 0.717) is 5.65 Å². The number of halogens is 1. The largest absolute Gasteiger partial charge is 0.348 e. The molecule has 144 valence electrons. The van der Waals surface area contributed by atoms with Crippen molar-refractivity contribution in [2.45, 2.75) is 38.6 Å². The van der Waals surface area contributed by atoms with Gasteiger partial charge in [-0.2, -0.15) is 0 Å². The quantitative estimate of drug-likeness (QED) is 0.725. The van der Waals surface area contributed by atoms with Crippen molar-refractivity contribution < 1.29 is 14.0 Å². The number of aryl methyl sites for hydroxylation is 1. The van der Waals surface area contributed by atoms with Crippen molar-refractivity contribution >= 4 is 23.3 Å². The number of carbonyl (C=O) groups is 2. The van der Waals surface area contributed by atoms with Crippen LogP contribution in [0.3, 0.4) is 0 Å². The van der Waals surface area contributed by atoms with Gasteiger partial charge in [-0.1, -0.05) is 25.0 Å². The molecule has 0 saturated heterocycles. The third kappa shape index (κ3) is 3.60. The Balaban J connectivity index is 1.70. The Morgan fingerprint density at radius 3 is 2.68 bits per heavy atom. The molecule has 7 heteroatoms. The van der Waals surface area contributed by atoms with Gasteiger partial charge in [0.05, 0.1) is 0 Å². The molecule has 0 spiro atoms. The number of aromatic nitrogens is 2. The summed E-state index contributed by atoms with van der Waals surface area (Å²) in [5.74, 6) is -1.14. The van der Waals surface area contributed by atoms with E-state index in [9.17, 15) is 14.0 Å². The van der Waals surface area contributed by atoms with Crippen molar-refractivity contribution in [3.8, 4) is 0 Å². The van der Waals surface area contributed by atoms with Gasteiger partial charge < -0.3 is 10.6 Å². The summed E-state index contributed by atoms with van der Waals surface area (Å²) in [6.45, 7) is 1.92. The summed E-state index contributed by atoms with van der Waals surface area (Å²) in [6, 6.07) is 9.20. The highest BCUT2D eigenvalue weighted by atomic mass is 19.1. The molecule has 0 bridgehead atoms. The van der Waals surface area contributed by atoms with Crippen molar-refractivity contribution in [3.63, 3.8) is 0 Å². The molecule has 0 atom stereocenters. The van der Waals surface area contributed by atoms with Crippen LogP contribution in [0.2, 0.25) is 0 Å². The van der Waals surface area contributed by atoms with E-state index < -0.39 is 11.7 Å². The van der Waals surface area contributed by atoms with Gasteiger partial charge in [0.15, 0.2) is 11.5 Å². The summed E-state index contributed by atoms with van der Waals surface area (Å²) in [4.78, 5) is 30.0. The van der Waals surface area contributed by atoms with Crippen LogP contribution in [0.25, 0.3) is 5.65 Å². The van der Waals surface area contributed by atoms with Crippen LogP contribution in [0.5, 0.6) is 0 Å². The van der Waals surface area contributed by atoms with E-state index in [1.165, 1.54) is 18.2 Å². The summed E-state index contributed by atoms with van der Waals surface area (Å²) in [5.41, 5.74) is 1.95. The number of hydrogen-bond acceptors (Lipinski definition) is 3. The van der Waals surface area contributed by atoms with Crippen LogP contribution in [-0.2, 0) is 0 Å². The topological polar surface area (TPSA) is 75.5 Å². The molecule has 0 radical (unpaired) electrons. The van der Waals surface area contributed by atoms with Crippen LogP contribution in [0.4, 0.5) is 10.2 Å². The molecule has 28 heavy (non-hydrogen) atoms. The molecule has 1 aromatic carbocycles. The first-order valence-electron chi connectivity index (χ1n) is 9.38. The first-order valence-corrected chi connectivity index (χ1v) is 9.38. The second-order valence-electron chi connectivity index (χ2n) is 7.16. The molecule has 1 saturated carbocycles. The normalized spacial score (nSPS) is 14.4. The number of fused-ring (bicyclic) bond motifs is 1. The summed E-state index contributed by atoms with van der Waals surface area (Å²) in [6.07, 6.45) is 5.91. The molecule has 2 amide bonds. The minimum atomic E-state index is -0.519. The number of anilines is 1. The minimum Gasteiger partial charge on any atom is -0.348 e. The van der Waals surface area contributed by atoms with Crippen LogP contribution in [0.15, 0.2) is 42.6 Å². The molecular weight excluding hydrogens is 359 g/mol. The molecule has 2 heterocycles. The monoisotopic (exact) mass is 380 g/mol. The lowest BCUT2D eigenvalue weighted by Gasteiger charge is -2.13. The van der Waals surface area contributed by atoms with Crippen molar-refractivity contribution in [2.75, 3.05) is 5.32 Å². The van der Waals surface area contributed by atoms with Crippen molar-refractivity contribution in [1.29, 1.82) is 0 Å². The summed E-state index contributed by atoms with van der Waals surface area (Å²) >= 11 is 0. The molecule has 0 aliphatic heterocycles. The van der Waals surface area contributed by atoms with E-state index in [0.717, 1.165) is 37.3 Å². The molecule has 6 nitrogen and oxygen atoms in total. The van der Waals surface area contributed by atoms with E-state index in [4.69, 9.17) is 0 Å². The zero-order valence-corrected chi connectivity index (χ0v) is 15.5. The first kappa shape index (κ1) is 18.2. The number of amides is 2. The second-order valence-corrected chi connectivity index (χ2v) is 7.16. The van der Waals surface area contributed by atoms with Gasteiger partial charge in [0.2, 0.25) is 0 Å². The molecule has 4 rings (SSSR count). The Hall–Kier alpha value is -3.22. The Morgan fingerprint density at radius 2 is 1.93 bits per heavy atom. The lowest BCUT2D eigenvalue weighted by Crippen LogP contribution is -2.34. The lowest BCUT2D eigenvalue weighted by atomic mass is 10.2. The van der Waals surface area contributed by atoms with Gasteiger partial charge >= 0.3 is 0 Å². The van der Waals surface area contributed by atoms with Gasteiger partial charge in [0, 0.05) is 17.8 Å². The number of hydrogen-bond donors (Lipinski definition) is 2. The van der Waals surface area contributed by atoms with Gasteiger partial charge in [-0.25, -0.2) is 9.37 Å². The number of carbonyl (C=O) groups excluding carboxylic acids is 2. The van der Waals surface area contributed by atoms with Crippen LogP contribution in [0, 0.1) is 12.7 Å². The number of imidazole rings is 1. The van der Waals surface area contributed by atoms with Crippen LogP contribution in [-0.4, -0.2) is 27.2 Å². The number of pyridine rings is 1. The fourth-order valence-electron chi connectivity index (χ4n) is 3.59. The smallest absolute Gasteiger partial charge is 0.272 e. The SMILES string of the molecule is Cc1ccc2nc(NC(=O)c3cccc(F)c3)c(C(=O)NC3CCCC3)n2c1. The Morgan fingerprint density at radius 1 is 1.14 bits per heavy atom. The molecule has 1 aliphatic rings. The van der Waals surface area contributed by atoms with Crippen molar-refractivity contribution in [2.24, 2.45) is 0 Å². The van der Waals surface area contributed by atoms with Crippen LogP contribution in [0.1, 0.15) is 52.1 Å². The number of rotatable bonds is 4. The van der Waals surface area contributed by atoms with Gasteiger partial charge in [0.1, 0.15) is 11.5 Å². The van der Waals surface area contributed by atoms with E-state index in [-0.39, 0.29) is 29.0 Å². The summed E-state index contributed by atoms with van der Waals surface area (Å²) in [5, 5.41) is 5.71. The molecular formula is C21H21FN4O2. The van der Waals surface area contributed by atoms with E-state index in [2.05, 4.69) is 15.6 Å². The van der Waals surface area contributed by atoms with Gasteiger partial charge in [-0.3, -0.25) is 14.0 Å². The molecule has 1 aliphatic carbocycles. The van der Waals surface area contributed by atoms with Gasteiger partial charge in [0.25, 0.3) is 11.8 Å².